The van der Waals surface area contributed by atoms with E-state index >= 15 is 0 Å². The van der Waals surface area contributed by atoms with E-state index in [0.29, 0.717) is 0 Å². The zero-order valence-corrected chi connectivity index (χ0v) is 11.2. The van der Waals surface area contributed by atoms with E-state index in [0.717, 1.165) is 6.07 Å². The Bertz CT molecular complexity index is 518. The molecule has 0 aliphatic carbocycles. The molecule has 0 saturated carbocycles. The van der Waals surface area contributed by atoms with Crippen LogP contribution in [-0.2, 0) is 15.5 Å². The number of rotatable bonds is 4. The Morgan fingerprint density at radius 1 is 1.47 bits per heavy atom. The van der Waals surface area contributed by atoms with Gasteiger partial charge < -0.3 is 4.74 Å². The number of hydrogen-bond donors (Lipinski definition) is 1. The van der Waals surface area contributed by atoms with Crippen LogP contribution < -0.4 is 0 Å². The number of benzene rings is 1. The molecule has 0 amide bonds. The van der Waals surface area contributed by atoms with Crippen molar-refractivity contribution in [3.63, 3.8) is 0 Å². The van der Waals surface area contributed by atoms with Crippen molar-refractivity contribution in [2.75, 3.05) is 6.61 Å². The highest BCUT2D eigenvalue weighted by molar-refractivity contribution is 7.79. The van der Waals surface area contributed by atoms with Crippen LogP contribution in [0.4, 0.5) is 13.2 Å². The monoisotopic (exact) mass is 291 g/mol. The third-order valence-corrected chi connectivity index (χ3v) is 2.71. The largest absolute Gasteiger partial charge is 0.461 e. The summed E-state index contributed by atoms with van der Waals surface area (Å²) in [5.74, 6) is -7.05. The van der Waals surface area contributed by atoms with Crippen LogP contribution in [0.2, 0.25) is 0 Å². The molecule has 0 radical (unpaired) electrons. The summed E-state index contributed by atoms with van der Waals surface area (Å²) < 4.78 is 49.2. The number of carbonyl (C=O) groups is 1. The number of halogens is 3. The van der Waals surface area contributed by atoms with Crippen molar-refractivity contribution in [1.82, 2.24) is 0 Å². The van der Waals surface area contributed by atoms with Gasteiger partial charge in [-0.15, -0.1) is 0 Å². The summed E-state index contributed by atoms with van der Waals surface area (Å²) >= 11 is 3.60. The minimum atomic E-state index is -4.05. The van der Waals surface area contributed by atoms with Crippen LogP contribution in [0.3, 0.4) is 0 Å². The fraction of sp³-hybridized carbons (Fsp3) is 0.333. The minimum Gasteiger partial charge on any atom is -0.461 e. The van der Waals surface area contributed by atoms with Crippen LogP contribution in [0.25, 0.3) is 0 Å². The summed E-state index contributed by atoms with van der Waals surface area (Å²) in [4.78, 5) is 11.2. The lowest BCUT2D eigenvalue weighted by Crippen LogP contribution is -2.30. The van der Waals surface area contributed by atoms with Crippen molar-refractivity contribution < 1.29 is 22.7 Å². The molecule has 0 spiro atoms. The van der Waals surface area contributed by atoms with Crippen LogP contribution in [0.5, 0.6) is 0 Å². The zero-order chi connectivity index (χ0) is 14.6. The summed E-state index contributed by atoms with van der Waals surface area (Å²) in [5, 5.41) is 0. The normalized spacial score (nSPS) is 12.4. The molecule has 1 rings (SSSR count). The minimum absolute atomic E-state index is 0.127. The molecule has 0 atom stereocenters. The number of alkyl halides is 2. The highest BCUT2D eigenvalue weighted by atomic mass is 32.1. The van der Waals surface area contributed by atoms with E-state index in [9.17, 15) is 18.0 Å². The summed E-state index contributed by atoms with van der Waals surface area (Å²) in [6.07, 6.45) is 0. The molecule has 0 aromatic heterocycles. The van der Waals surface area contributed by atoms with E-state index in [-0.39, 0.29) is 17.9 Å². The highest BCUT2D eigenvalue weighted by Gasteiger charge is 2.45. The predicted molar refractivity (Wildman–Crippen MR) is 68.1 cm³/mol. The van der Waals surface area contributed by atoms with Gasteiger partial charge in [0.15, 0.2) is 0 Å². The maximum absolute atomic E-state index is 14.0. The summed E-state index contributed by atoms with van der Waals surface area (Å²) in [6.45, 7) is 2.59. The van der Waals surface area contributed by atoms with Crippen molar-refractivity contribution in [3.05, 3.63) is 35.1 Å². The first-order chi connectivity index (χ1) is 8.86. The van der Waals surface area contributed by atoms with Crippen molar-refractivity contribution in [2.45, 2.75) is 19.8 Å². The molecule has 1 aromatic rings. The highest BCUT2D eigenvalue weighted by Crippen LogP contribution is 2.32. The van der Waals surface area contributed by atoms with Gasteiger partial charge in [-0.1, -0.05) is 12.1 Å². The first kappa shape index (κ1) is 15.6. The molecule has 0 N–H and O–H groups in total. The third kappa shape index (κ3) is 3.09. The van der Waals surface area contributed by atoms with E-state index in [4.69, 9.17) is 0 Å². The van der Waals surface area contributed by atoms with Gasteiger partial charge in [-0.25, -0.2) is 13.6 Å². The fourth-order valence-corrected chi connectivity index (χ4v) is 1.55. The molecule has 0 fully saturated rings. The zero-order valence-electron chi connectivity index (χ0n) is 10.3. The third-order valence-electron chi connectivity index (χ3n) is 2.41. The quantitative estimate of drug-likeness (QED) is 0.526. The van der Waals surface area contributed by atoms with Gasteiger partial charge >= 0.3 is 11.9 Å². The summed E-state index contributed by atoms with van der Waals surface area (Å²) in [6, 6.07) is 3.32. The SMILES string of the molecule is CCOC(=O)C(F)(F)c1cccc(/C(C)=N\S)c1F. The average molecular weight is 291 g/mol. The van der Waals surface area contributed by atoms with Gasteiger partial charge in [-0.05, 0) is 32.7 Å². The molecule has 0 saturated heterocycles. The summed E-state index contributed by atoms with van der Waals surface area (Å²) in [7, 11) is 0. The molecule has 0 heterocycles. The van der Waals surface area contributed by atoms with Crippen LogP contribution in [0.15, 0.2) is 22.6 Å². The summed E-state index contributed by atoms with van der Waals surface area (Å²) in [5.41, 5.74) is -1.06. The lowest BCUT2D eigenvalue weighted by Gasteiger charge is -2.16. The number of nitrogens with zero attached hydrogens (tertiary/aromatic N) is 1. The van der Waals surface area contributed by atoms with E-state index in [2.05, 4.69) is 21.9 Å². The van der Waals surface area contributed by atoms with Gasteiger partial charge in [-0.2, -0.15) is 8.78 Å². The molecule has 3 nitrogen and oxygen atoms in total. The smallest absolute Gasteiger partial charge is 0.382 e. The van der Waals surface area contributed by atoms with Gasteiger partial charge in [0.25, 0.3) is 0 Å². The van der Waals surface area contributed by atoms with E-state index < -0.39 is 23.3 Å². The lowest BCUT2D eigenvalue weighted by molar-refractivity contribution is -0.173. The van der Waals surface area contributed by atoms with Crippen molar-refractivity contribution >= 4 is 24.5 Å². The van der Waals surface area contributed by atoms with E-state index in [1.165, 1.54) is 26.0 Å². The Morgan fingerprint density at radius 2 is 2.11 bits per heavy atom. The maximum atomic E-state index is 14.0. The van der Waals surface area contributed by atoms with Gasteiger partial charge in [0, 0.05) is 5.56 Å². The van der Waals surface area contributed by atoms with E-state index in [1.807, 2.05) is 0 Å². The van der Waals surface area contributed by atoms with Crippen LogP contribution in [0, 0.1) is 5.82 Å². The topological polar surface area (TPSA) is 38.7 Å². The number of thiol groups is 1. The second-order valence-corrected chi connectivity index (χ2v) is 3.85. The molecule has 1 aromatic carbocycles. The number of ether oxygens (including phenoxy) is 1. The molecular formula is C12H12F3NO2S. The number of esters is 1. The first-order valence-electron chi connectivity index (χ1n) is 5.39. The predicted octanol–water partition coefficient (Wildman–Crippen LogP) is 3.13. The molecule has 0 aliphatic heterocycles. The fourth-order valence-electron chi connectivity index (χ4n) is 1.44. The van der Waals surface area contributed by atoms with Crippen molar-refractivity contribution in [2.24, 2.45) is 4.40 Å². The van der Waals surface area contributed by atoms with Gasteiger partial charge in [-0.3, -0.25) is 0 Å². The Morgan fingerprint density at radius 3 is 2.63 bits per heavy atom. The van der Waals surface area contributed by atoms with Crippen LogP contribution in [-0.4, -0.2) is 18.3 Å². The average Bonchev–Trinajstić information content (AvgIpc) is 2.38. The van der Waals surface area contributed by atoms with Gasteiger partial charge in [0.2, 0.25) is 0 Å². The molecule has 0 bridgehead atoms. The number of carbonyl (C=O) groups excluding carboxylic acids is 1. The van der Waals surface area contributed by atoms with Gasteiger partial charge in [0.05, 0.1) is 17.9 Å². The molecule has 0 aliphatic rings. The second-order valence-electron chi connectivity index (χ2n) is 3.65. The Hall–Kier alpha value is -1.50. The van der Waals surface area contributed by atoms with Crippen molar-refractivity contribution in [3.8, 4) is 0 Å². The Balaban J connectivity index is 3.32. The Kier molecular flexibility index (Phi) is 4.99. The van der Waals surface area contributed by atoms with Gasteiger partial charge in [0.1, 0.15) is 5.82 Å². The van der Waals surface area contributed by atoms with Crippen LogP contribution >= 0.6 is 12.8 Å². The second kappa shape index (κ2) is 6.10. The lowest BCUT2D eigenvalue weighted by atomic mass is 10.0. The van der Waals surface area contributed by atoms with Crippen LogP contribution in [0.1, 0.15) is 25.0 Å². The molecule has 7 heteroatoms. The molecular weight excluding hydrogens is 279 g/mol. The first-order valence-corrected chi connectivity index (χ1v) is 5.79. The molecule has 0 unspecified atom stereocenters. The molecule has 104 valence electrons. The van der Waals surface area contributed by atoms with Crippen molar-refractivity contribution in [1.29, 1.82) is 0 Å². The number of hydrogen-bond acceptors (Lipinski definition) is 4. The Labute approximate surface area is 114 Å². The van der Waals surface area contributed by atoms with E-state index in [1.54, 1.807) is 0 Å². The molecule has 19 heavy (non-hydrogen) atoms. The standard InChI is InChI=1S/C12H12F3NO2S/c1-3-18-11(17)12(14,15)9-6-4-5-8(10(9)13)7(2)16-19/h4-6,19H,3H2,1-2H3/b16-7-. The maximum Gasteiger partial charge on any atom is 0.382 e.